The molecule has 0 bridgehead atoms. The molecule has 8 heteroatoms. The van der Waals surface area contributed by atoms with Gasteiger partial charge in [-0.05, 0) is 19.1 Å². The second-order valence-corrected chi connectivity index (χ2v) is 7.37. The Morgan fingerprint density at radius 1 is 1.04 bits per heavy atom. The van der Waals surface area contributed by atoms with Crippen molar-refractivity contribution in [2.75, 3.05) is 7.11 Å². The van der Waals surface area contributed by atoms with Crippen LogP contribution in [0.25, 0.3) is 10.8 Å². The van der Waals surface area contributed by atoms with Gasteiger partial charge in [0.1, 0.15) is 10.0 Å². The second kappa shape index (κ2) is 6.93. The van der Waals surface area contributed by atoms with Gasteiger partial charge in [0.25, 0.3) is 0 Å². The molecule has 3 rings (SSSR count). The molecule has 0 unspecified atom stereocenters. The van der Waals surface area contributed by atoms with Crippen molar-refractivity contribution in [2.24, 2.45) is 0 Å². The van der Waals surface area contributed by atoms with Crippen molar-refractivity contribution in [1.29, 1.82) is 0 Å². The number of halogens is 1. The highest BCUT2D eigenvalue weighted by molar-refractivity contribution is 7.87. The van der Waals surface area contributed by atoms with E-state index in [0.29, 0.717) is 10.8 Å². The minimum atomic E-state index is -4.19. The lowest BCUT2D eigenvalue weighted by Gasteiger charge is -2.13. The van der Waals surface area contributed by atoms with Crippen LogP contribution in [0.5, 0.6) is 5.75 Å². The van der Waals surface area contributed by atoms with Gasteiger partial charge >= 0.3 is 16.1 Å². The number of carbonyl (C=O) groups excluding carboxylic acids is 1. The number of esters is 1. The van der Waals surface area contributed by atoms with Crippen molar-refractivity contribution in [1.82, 2.24) is 4.98 Å². The van der Waals surface area contributed by atoms with Crippen LogP contribution < -0.4 is 4.18 Å². The molecule has 0 atom stereocenters. The molecule has 2 aromatic carbocycles. The summed E-state index contributed by atoms with van der Waals surface area (Å²) in [5.74, 6) is -1.08. The Labute approximate surface area is 155 Å². The first-order chi connectivity index (χ1) is 12.3. The number of rotatable bonds is 4. The molecule has 1 aromatic heterocycles. The molecule has 0 saturated carbocycles. The molecular formula is C18H14ClNO5S. The van der Waals surface area contributed by atoms with Crippen molar-refractivity contribution in [3.05, 3.63) is 64.9 Å². The van der Waals surface area contributed by atoms with Crippen molar-refractivity contribution in [2.45, 2.75) is 11.8 Å². The SMILES string of the molecule is COC(=O)c1nc(Cl)c2ccccc2c1OS(=O)(=O)c1ccc(C)cc1. The summed E-state index contributed by atoms with van der Waals surface area (Å²) in [6.45, 7) is 1.84. The molecule has 0 radical (unpaired) electrons. The summed E-state index contributed by atoms with van der Waals surface area (Å²) < 4.78 is 35.3. The van der Waals surface area contributed by atoms with Gasteiger partial charge in [0.05, 0.1) is 7.11 Å². The molecule has 6 nitrogen and oxygen atoms in total. The number of aromatic nitrogens is 1. The highest BCUT2D eigenvalue weighted by atomic mass is 35.5. The molecule has 26 heavy (non-hydrogen) atoms. The highest BCUT2D eigenvalue weighted by Gasteiger charge is 2.26. The molecule has 0 fully saturated rings. The summed E-state index contributed by atoms with van der Waals surface area (Å²) in [6, 6.07) is 12.8. The zero-order chi connectivity index (χ0) is 18.9. The van der Waals surface area contributed by atoms with E-state index >= 15 is 0 Å². The van der Waals surface area contributed by atoms with Crippen LogP contribution in [0.15, 0.2) is 53.4 Å². The highest BCUT2D eigenvalue weighted by Crippen LogP contribution is 2.35. The fourth-order valence-corrected chi connectivity index (χ4v) is 3.58. The molecular weight excluding hydrogens is 378 g/mol. The Hall–Kier alpha value is -2.64. The number of fused-ring (bicyclic) bond motifs is 1. The lowest BCUT2D eigenvalue weighted by molar-refractivity contribution is 0.0592. The first kappa shape index (κ1) is 18.2. The lowest BCUT2D eigenvalue weighted by atomic mass is 10.1. The summed E-state index contributed by atoms with van der Waals surface area (Å²) >= 11 is 6.12. The van der Waals surface area contributed by atoms with Crippen molar-refractivity contribution >= 4 is 38.5 Å². The Morgan fingerprint density at radius 3 is 2.27 bits per heavy atom. The summed E-state index contributed by atoms with van der Waals surface area (Å²) in [6.07, 6.45) is 0. The van der Waals surface area contributed by atoms with Crippen LogP contribution in [0.2, 0.25) is 5.15 Å². The van der Waals surface area contributed by atoms with Gasteiger partial charge in [-0.3, -0.25) is 0 Å². The van der Waals surface area contributed by atoms with Crippen molar-refractivity contribution in [3.63, 3.8) is 0 Å². The Morgan fingerprint density at radius 2 is 1.65 bits per heavy atom. The average Bonchev–Trinajstić information content (AvgIpc) is 2.63. The molecule has 134 valence electrons. The Kier molecular flexibility index (Phi) is 4.84. The van der Waals surface area contributed by atoms with E-state index in [1.165, 1.54) is 12.1 Å². The molecule has 0 aliphatic carbocycles. The maximum absolute atomic E-state index is 12.7. The van der Waals surface area contributed by atoms with Crippen LogP contribution in [0.3, 0.4) is 0 Å². The number of hydrogen-bond acceptors (Lipinski definition) is 6. The smallest absolute Gasteiger partial charge is 0.360 e. The maximum atomic E-state index is 12.7. The number of benzene rings is 2. The number of pyridine rings is 1. The van der Waals surface area contributed by atoms with Gasteiger partial charge in [-0.25, -0.2) is 9.78 Å². The van der Waals surface area contributed by atoms with Gasteiger partial charge in [-0.1, -0.05) is 53.6 Å². The van der Waals surface area contributed by atoms with E-state index in [4.69, 9.17) is 15.8 Å². The van der Waals surface area contributed by atoms with Crippen LogP contribution in [-0.4, -0.2) is 26.5 Å². The van der Waals surface area contributed by atoms with Crippen LogP contribution in [0, 0.1) is 6.92 Å². The Bertz CT molecular complexity index is 1090. The molecule has 0 aliphatic heterocycles. The quantitative estimate of drug-likeness (QED) is 0.382. The zero-order valence-electron chi connectivity index (χ0n) is 13.9. The van der Waals surface area contributed by atoms with E-state index in [2.05, 4.69) is 9.72 Å². The summed E-state index contributed by atoms with van der Waals surface area (Å²) in [7, 11) is -3.03. The molecule has 1 heterocycles. The summed E-state index contributed by atoms with van der Waals surface area (Å²) in [5.41, 5.74) is 0.588. The van der Waals surface area contributed by atoms with Gasteiger partial charge in [-0.2, -0.15) is 8.42 Å². The van der Waals surface area contributed by atoms with E-state index in [1.54, 1.807) is 36.4 Å². The van der Waals surface area contributed by atoms with Crippen LogP contribution >= 0.6 is 11.6 Å². The number of aryl methyl sites for hydroxylation is 1. The number of methoxy groups -OCH3 is 1. The largest absolute Gasteiger partial charge is 0.464 e. The fraction of sp³-hybridized carbons (Fsp3) is 0.111. The van der Waals surface area contributed by atoms with Gasteiger partial charge in [-0.15, -0.1) is 0 Å². The standard InChI is InChI=1S/C18H14ClNO5S/c1-11-7-9-12(10-8-11)26(22,23)25-16-13-5-3-4-6-14(13)17(19)20-15(16)18(21)24-2/h3-10H,1-2H3. The van der Waals surface area contributed by atoms with Crippen LogP contribution in [0.1, 0.15) is 16.1 Å². The molecule has 0 saturated heterocycles. The van der Waals surface area contributed by atoms with Gasteiger partial charge in [0.15, 0.2) is 11.4 Å². The minimum Gasteiger partial charge on any atom is -0.464 e. The van der Waals surface area contributed by atoms with Crippen LogP contribution in [0.4, 0.5) is 0 Å². The van der Waals surface area contributed by atoms with Crippen molar-refractivity contribution < 1.29 is 22.1 Å². The molecule has 0 aliphatic rings. The number of carbonyl (C=O) groups is 1. The van der Waals surface area contributed by atoms with E-state index in [9.17, 15) is 13.2 Å². The maximum Gasteiger partial charge on any atom is 0.360 e. The van der Waals surface area contributed by atoms with Crippen LogP contribution in [-0.2, 0) is 14.9 Å². The number of ether oxygens (including phenoxy) is 1. The number of hydrogen-bond donors (Lipinski definition) is 0. The van der Waals surface area contributed by atoms with Gasteiger partial charge in [0, 0.05) is 10.8 Å². The third-order valence-corrected chi connectivity index (χ3v) is 5.22. The zero-order valence-corrected chi connectivity index (χ0v) is 15.5. The van der Waals surface area contributed by atoms with E-state index in [0.717, 1.165) is 12.7 Å². The van der Waals surface area contributed by atoms with E-state index < -0.39 is 16.1 Å². The lowest BCUT2D eigenvalue weighted by Crippen LogP contribution is -2.15. The predicted molar refractivity (Wildman–Crippen MR) is 97.1 cm³/mol. The molecule has 0 spiro atoms. The average molecular weight is 392 g/mol. The summed E-state index contributed by atoms with van der Waals surface area (Å²) in [5, 5.41) is 0.834. The molecule has 0 N–H and O–H groups in total. The topological polar surface area (TPSA) is 82.6 Å². The minimum absolute atomic E-state index is 0.0427. The number of nitrogens with zero attached hydrogens (tertiary/aromatic N) is 1. The van der Waals surface area contributed by atoms with Crippen molar-refractivity contribution in [3.8, 4) is 5.75 Å². The van der Waals surface area contributed by atoms with E-state index in [1.807, 2.05) is 6.92 Å². The first-order valence-electron chi connectivity index (χ1n) is 7.51. The molecule has 0 amide bonds. The third kappa shape index (κ3) is 3.36. The second-order valence-electron chi connectivity index (χ2n) is 5.47. The van der Waals surface area contributed by atoms with Gasteiger partial charge in [0.2, 0.25) is 0 Å². The van der Waals surface area contributed by atoms with E-state index in [-0.39, 0.29) is 21.5 Å². The normalized spacial score (nSPS) is 11.3. The monoisotopic (exact) mass is 391 g/mol. The summed E-state index contributed by atoms with van der Waals surface area (Å²) in [4.78, 5) is 16.0. The predicted octanol–water partition coefficient (Wildman–Crippen LogP) is 3.75. The fourth-order valence-electron chi connectivity index (χ4n) is 2.38. The van der Waals surface area contributed by atoms with Gasteiger partial charge < -0.3 is 8.92 Å². The molecule has 3 aromatic rings. The Balaban J connectivity index is 2.21. The third-order valence-electron chi connectivity index (χ3n) is 3.70. The first-order valence-corrected chi connectivity index (χ1v) is 9.30.